The average molecular weight is 287 g/mol. The second kappa shape index (κ2) is 7.78. The van der Waals surface area contributed by atoms with Crippen LogP contribution in [0.1, 0.15) is 26.2 Å². The van der Waals surface area contributed by atoms with Crippen molar-refractivity contribution in [3.63, 3.8) is 0 Å². The molecule has 2 aromatic rings. The van der Waals surface area contributed by atoms with Crippen molar-refractivity contribution in [1.29, 1.82) is 0 Å². The summed E-state index contributed by atoms with van der Waals surface area (Å²) in [5.41, 5.74) is 2.18. The number of H-pyrrole nitrogens is 1. The maximum Gasteiger partial charge on any atom is 0.155 e. The van der Waals surface area contributed by atoms with Crippen LogP contribution in [0.2, 0.25) is 0 Å². The third-order valence-electron chi connectivity index (χ3n) is 3.46. The summed E-state index contributed by atoms with van der Waals surface area (Å²) in [5.74, 6) is 0.803. The van der Waals surface area contributed by atoms with Gasteiger partial charge in [0.25, 0.3) is 0 Å². The van der Waals surface area contributed by atoms with Gasteiger partial charge in [-0.3, -0.25) is 5.10 Å². The van der Waals surface area contributed by atoms with Gasteiger partial charge in [0.15, 0.2) is 5.82 Å². The lowest BCUT2D eigenvalue weighted by atomic mass is 10.1. The summed E-state index contributed by atoms with van der Waals surface area (Å²) < 4.78 is 0. The summed E-state index contributed by atoms with van der Waals surface area (Å²) in [5, 5.41) is 10.3. The number of nitrogens with one attached hydrogen (secondary N) is 2. The molecule has 1 aromatic carbocycles. The largest absolute Gasteiger partial charge is 0.383 e. The third-order valence-corrected chi connectivity index (χ3v) is 3.46. The van der Waals surface area contributed by atoms with Crippen molar-refractivity contribution in [2.75, 3.05) is 26.0 Å². The lowest BCUT2D eigenvalue weighted by Gasteiger charge is -2.16. The first kappa shape index (κ1) is 15.5. The molecule has 1 heterocycles. The Bertz CT molecular complexity index is 521. The van der Waals surface area contributed by atoms with Crippen molar-refractivity contribution < 1.29 is 0 Å². The number of aromatic amines is 1. The average Bonchev–Trinajstić information content (AvgIpc) is 2.98. The Hall–Kier alpha value is -1.88. The summed E-state index contributed by atoms with van der Waals surface area (Å²) in [6.45, 7) is 3.39. The van der Waals surface area contributed by atoms with E-state index < -0.39 is 0 Å². The highest BCUT2D eigenvalue weighted by atomic mass is 15.2. The molecule has 0 aliphatic rings. The van der Waals surface area contributed by atoms with E-state index >= 15 is 0 Å². The highest BCUT2D eigenvalue weighted by Crippen LogP contribution is 2.19. The van der Waals surface area contributed by atoms with Crippen LogP contribution in [-0.2, 0) is 0 Å². The molecule has 2 rings (SSSR count). The molecule has 0 amide bonds. The van der Waals surface area contributed by atoms with E-state index in [4.69, 9.17) is 0 Å². The predicted molar refractivity (Wildman–Crippen MR) is 87.3 cm³/mol. The first-order valence-electron chi connectivity index (χ1n) is 7.52. The minimum Gasteiger partial charge on any atom is -0.383 e. The van der Waals surface area contributed by atoms with Crippen molar-refractivity contribution in [3.8, 4) is 11.4 Å². The van der Waals surface area contributed by atoms with Gasteiger partial charge < -0.3 is 10.2 Å². The van der Waals surface area contributed by atoms with Crippen molar-refractivity contribution in [3.05, 3.63) is 30.6 Å². The number of anilines is 1. The lowest BCUT2D eigenvalue weighted by molar-refractivity contribution is 0.389. The fourth-order valence-electron chi connectivity index (χ4n) is 2.34. The molecule has 0 bridgehead atoms. The van der Waals surface area contributed by atoms with Gasteiger partial charge in [-0.1, -0.05) is 18.6 Å². The fraction of sp³-hybridized carbons (Fsp3) is 0.500. The smallest absolute Gasteiger partial charge is 0.155 e. The number of aromatic nitrogens is 3. The minimum atomic E-state index is 0.470. The Labute approximate surface area is 126 Å². The molecule has 0 saturated heterocycles. The van der Waals surface area contributed by atoms with E-state index in [0.29, 0.717) is 6.04 Å². The summed E-state index contributed by atoms with van der Waals surface area (Å²) in [7, 11) is 4.24. The van der Waals surface area contributed by atoms with Crippen LogP contribution in [0.5, 0.6) is 0 Å². The zero-order chi connectivity index (χ0) is 15.1. The summed E-state index contributed by atoms with van der Waals surface area (Å²) in [4.78, 5) is 6.42. The number of nitrogens with zero attached hydrogens (tertiary/aromatic N) is 3. The first-order chi connectivity index (χ1) is 10.1. The molecule has 0 saturated carbocycles. The van der Waals surface area contributed by atoms with Crippen molar-refractivity contribution >= 4 is 5.69 Å². The molecule has 114 valence electrons. The van der Waals surface area contributed by atoms with Gasteiger partial charge >= 0.3 is 0 Å². The molecular weight excluding hydrogens is 262 g/mol. The molecule has 5 heteroatoms. The van der Waals surface area contributed by atoms with Gasteiger partial charge in [0.05, 0.1) is 0 Å². The molecule has 5 nitrogen and oxygen atoms in total. The Morgan fingerprint density at radius 3 is 2.86 bits per heavy atom. The van der Waals surface area contributed by atoms with Crippen LogP contribution in [0.15, 0.2) is 30.6 Å². The predicted octanol–water partition coefficient (Wildman–Crippen LogP) is 3.00. The van der Waals surface area contributed by atoms with Crippen LogP contribution in [0.25, 0.3) is 11.4 Å². The van der Waals surface area contributed by atoms with Gasteiger partial charge in [-0.2, -0.15) is 5.10 Å². The van der Waals surface area contributed by atoms with Gasteiger partial charge in [0, 0.05) is 17.3 Å². The molecule has 0 fully saturated rings. The number of hydrogen-bond donors (Lipinski definition) is 2. The highest BCUT2D eigenvalue weighted by Gasteiger charge is 2.05. The van der Waals surface area contributed by atoms with Crippen LogP contribution in [0.3, 0.4) is 0 Å². The maximum absolute atomic E-state index is 4.18. The zero-order valence-corrected chi connectivity index (χ0v) is 13.1. The van der Waals surface area contributed by atoms with Crippen LogP contribution in [0.4, 0.5) is 5.69 Å². The standard InChI is InChI=1S/C16H25N5/c1-13(7-4-5-10-21(2)3)19-15-9-6-8-14(11-15)16-17-12-18-20-16/h6,8-9,11-13,19H,4-5,7,10H2,1-3H3,(H,17,18,20)/t13-/m0/s1. The fourth-order valence-corrected chi connectivity index (χ4v) is 2.34. The normalized spacial score (nSPS) is 12.6. The monoisotopic (exact) mass is 287 g/mol. The van der Waals surface area contributed by atoms with Crippen LogP contribution in [0, 0.1) is 0 Å². The Morgan fingerprint density at radius 1 is 1.29 bits per heavy atom. The molecule has 0 unspecified atom stereocenters. The van der Waals surface area contributed by atoms with E-state index in [0.717, 1.165) is 23.6 Å². The van der Waals surface area contributed by atoms with Crippen LogP contribution < -0.4 is 5.32 Å². The van der Waals surface area contributed by atoms with Gasteiger partial charge in [-0.25, -0.2) is 4.98 Å². The van der Waals surface area contributed by atoms with Gasteiger partial charge in [0.1, 0.15) is 6.33 Å². The van der Waals surface area contributed by atoms with Crippen molar-refractivity contribution in [1.82, 2.24) is 20.1 Å². The van der Waals surface area contributed by atoms with Gasteiger partial charge in [0.2, 0.25) is 0 Å². The molecule has 0 spiro atoms. The first-order valence-corrected chi connectivity index (χ1v) is 7.52. The van der Waals surface area contributed by atoms with Crippen molar-refractivity contribution in [2.45, 2.75) is 32.2 Å². The molecule has 21 heavy (non-hydrogen) atoms. The summed E-state index contributed by atoms with van der Waals surface area (Å²) in [6, 6.07) is 8.75. The molecule has 0 aliphatic heterocycles. The zero-order valence-electron chi connectivity index (χ0n) is 13.1. The molecular formula is C16H25N5. The van der Waals surface area contributed by atoms with Crippen LogP contribution >= 0.6 is 0 Å². The molecule has 0 aliphatic carbocycles. The second-order valence-electron chi connectivity index (χ2n) is 5.76. The lowest BCUT2D eigenvalue weighted by Crippen LogP contribution is -2.17. The molecule has 0 radical (unpaired) electrons. The second-order valence-corrected chi connectivity index (χ2v) is 5.76. The minimum absolute atomic E-state index is 0.470. The molecule has 1 atom stereocenters. The number of unbranched alkanes of at least 4 members (excludes halogenated alkanes) is 1. The van der Waals surface area contributed by atoms with E-state index in [1.54, 1.807) is 0 Å². The van der Waals surface area contributed by atoms with E-state index in [1.807, 2.05) is 12.1 Å². The van der Waals surface area contributed by atoms with E-state index in [-0.39, 0.29) is 0 Å². The van der Waals surface area contributed by atoms with E-state index in [2.05, 4.69) is 58.5 Å². The number of hydrogen-bond acceptors (Lipinski definition) is 4. The Morgan fingerprint density at radius 2 is 2.14 bits per heavy atom. The Kier molecular flexibility index (Phi) is 5.75. The SMILES string of the molecule is C[C@@H](CCCCN(C)C)Nc1cccc(-c2ncn[nH]2)c1. The topological polar surface area (TPSA) is 56.8 Å². The highest BCUT2D eigenvalue weighted by molar-refractivity contribution is 5.62. The molecule has 1 aromatic heterocycles. The third kappa shape index (κ3) is 5.19. The quantitative estimate of drug-likeness (QED) is 0.733. The van der Waals surface area contributed by atoms with E-state index in [9.17, 15) is 0 Å². The van der Waals surface area contributed by atoms with E-state index in [1.165, 1.54) is 25.6 Å². The Balaban J connectivity index is 1.84. The van der Waals surface area contributed by atoms with Crippen molar-refractivity contribution in [2.24, 2.45) is 0 Å². The van der Waals surface area contributed by atoms with Gasteiger partial charge in [-0.05, 0) is 52.5 Å². The molecule has 2 N–H and O–H groups in total. The van der Waals surface area contributed by atoms with Crippen LogP contribution in [-0.4, -0.2) is 46.8 Å². The number of rotatable bonds is 8. The summed E-state index contributed by atoms with van der Waals surface area (Å²) >= 11 is 0. The number of benzene rings is 1. The van der Waals surface area contributed by atoms with Gasteiger partial charge in [-0.15, -0.1) is 0 Å². The summed E-state index contributed by atoms with van der Waals surface area (Å²) in [6.07, 6.45) is 5.20. The maximum atomic E-state index is 4.18.